The fraction of sp³-hybridized carbons (Fsp3) is 0.381. The van der Waals surface area contributed by atoms with E-state index in [1.165, 1.54) is 12.5 Å². The van der Waals surface area contributed by atoms with E-state index < -0.39 is 6.10 Å². The number of carbonyl (C=O) groups excluding carboxylic acids is 1. The van der Waals surface area contributed by atoms with Gasteiger partial charge >= 0.3 is 0 Å². The molecule has 2 rings (SSSR count). The van der Waals surface area contributed by atoms with Crippen LogP contribution in [-0.4, -0.2) is 41.1 Å². The van der Waals surface area contributed by atoms with Gasteiger partial charge in [0.05, 0.1) is 0 Å². The summed E-state index contributed by atoms with van der Waals surface area (Å²) in [5.74, 6) is 0.684. The second-order valence-corrected chi connectivity index (χ2v) is 6.55. The Hall–Kier alpha value is -2.17. The number of rotatable bonds is 9. The molecule has 4 heteroatoms. The quantitative estimate of drug-likeness (QED) is 0.709. The van der Waals surface area contributed by atoms with Gasteiger partial charge in [-0.2, -0.15) is 0 Å². The van der Waals surface area contributed by atoms with Crippen LogP contribution in [0.25, 0.3) is 0 Å². The van der Waals surface area contributed by atoms with Gasteiger partial charge in [0.25, 0.3) is 0 Å². The molecule has 1 atom stereocenters. The average molecular weight is 341 g/mol. The first kappa shape index (κ1) is 19.2. The van der Waals surface area contributed by atoms with Crippen LogP contribution < -0.4 is 4.74 Å². The van der Waals surface area contributed by atoms with Crippen molar-refractivity contribution >= 4 is 5.78 Å². The van der Waals surface area contributed by atoms with Crippen molar-refractivity contribution in [3.8, 4) is 5.75 Å². The highest BCUT2D eigenvalue weighted by molar-refractivity contribution is 5.94. The number of carbonyl (C=O) groups is 1. The Morgan fingerprint density at radius 3 is 2.28 bits per heavy atom. The fourth-order valence-corrected chi connectivity index (χ4v) is 2.58. The molecule has 0 heterocycles. The predicted octanol–water partition coefficient (Wildman–Crippen LogP) is 3.54. The molecule has 0 aromatic heterocycles. The number of nitrogens with zero attached hydrogens (tertiary/aromatic N) is 1. The highest BCUT2D eigenvalue weighted by Gasteiger charge is 2.16. The van der Waals surface area contributed by atoms with Gasteiger partial charge in [-0.25, -0.2) is 0 Å². The molecule has 0 saturated heterocycles. The number of Topliss-reactive ketones (excluding diaryl/α,β-unsaturated/α-hetero) is 1. The van der Waals surface area contributed by atoms with Gasteiger partial charge in [0.2, 0.25) is 0 Å². The Balaban J connectivity index is 1.86. The first-order chi connectivity index (χ1) is 12.0. The first-order valence-corrected chi connectivity index (χ1v) is 8.65. The van der Waals surface area contributed by atoms with E-state index in [1.807, 2.05) is 18.2 Å². The Kier molecular flexibility index (Phi) is 7.16. The Labute approximate surface area is 150 Å². The van der Waals surface area contributed by atoms with Gasteiger partial charge in [0.15, 0.2) is 5.78 Å². The molecule has 4 nitrogen and oxygen atoms in total. The van der Waals surface area contributed by atoms with Gasteiger partial charge in [-0.15, -0.1) is 0 Å². The summed E-state index contributed by atoms with van der Waals surface area (Å²) in [4.78, 5) is 13.5. The molecule has 0 unspecified atom stereocenters. The zero-order valence-corrected chi connectivity index (χ0v) is 15.2. The molecule has 0 bridgehead atoms. The minimum Gasteiger partial charge on any atom is -0.491 e. The van der Waals surface area contributed by atoms with Gasteiger partial charge in [0.1, 0.15) is 18.5 Å². The summed E-state index contributed by atoms with van der Waals surface area (Å²) in [6.07, 6.45) is -0.585. The lowest BCUT2D eigenvalue weighted by Crippen LogP contribution is -2.39. The molecule has 0 aliphatic heterocycles. The second kappa shape index (κ2) is 9.35. The third-order valence-corrected chi connectivity index (χ3v) is 4.11. The van der Waals surface area contributed by atoms with E-state index in [2.05, 4.69) is 30.9 Å². The molecule has 0 fully saturated rings. The molecule has 0 aliphatic rings. The first-order valence-electron chi connectivity index (χ1n) is 8.65. The smallest absolute Gasteiger partial charge is 0.159 e. The van der Waals surface area contributed by atoms with Gasteiger partial charge in [-0.05, 0) is 50.6 Å². The lowest BCUT2D eigenvalue weighted by atomic mass is 10.1. The summed E-state index contributed by atoms with van der Waals surface area (Å²) in [5.41, 5.74) is 1.88. The molecule has 2 aromatic carbocycles. The van der Waals surface area contributed by atoms with Crippen molar-refractivity contribution in [2.24, 2.45) is 0 Å². The van der Waals surface area contributed by atoms with Crippen molar-refractivity contribution in [3.63, 3.8) is 0 Å². The molecular weight excluding hydrogens is 314 g/mol. The van der Waals surface area contributed by atoms with Crippen LogP contribution >= 0.6 is 0 Å². The third kappa shape index (κ3) is 6.33. The van der Waals surface area contributed by atoms with Gasteiger partial charge in [0, 0.05) is 24.7 Å². The maximum Gasteiger partial charge on any atom is 0.159 e. The van der Waals surface area contributed by atoms with E-state index >= 15 is 0 Å². The summed E-state index contributed by atoms with van der Waals surface area (Å²) in [5, 5.41) is 10.3. The highest BCUT2D eigenvalue weighted by atomic mass is 16.5. The van der Waals surface area contributed by atoms with Crippen LogP contribution in [0.3, 0.4) is 0 Å². The zero-order valence-electron chi connectivity index (χ0n) is 15.2. The number of hydrogen-bond acceptors (Lipinski definition) is 4. The topological polar surface area (TPSA) is 49.8 Å². The maximum absolute atomic E-state index is 11.3. The SMILES string of the molecule is CC(=O)c1ccc(OC[C@H](O)CN(Cc2ccccc2)C(C)C)cc1. The molecule has 2 aromatic rings. The lowest BCUT2D eigenvalue weighted by molar-refractivity contribution is 0.0543. The number of benzene rings is 2. The summed E-state index contributed by atoms with van der Waals surface area (Å²) in [7, 11) is 0. The number of aliphatic hydroxyl groups excluding tert-OH is 1. The van der Waals surface area contributed by atoms with E-state index in [4.69, 9.17) is 4.74 Å². The van der Waals surface area contributed by atoms with Crippen molar-refractivity contribution in [2.75, 3.05) is 13.2 Å². The van der Waals surface area contributed by atoms with Crippen LogP contribution in [0.15, 0.2) is 54.6 Å². The maximum atomic E-state index is 11.3. The van der Waals surface area contributed by atoms with Crippen molar-refractivity contribution in [1.82, 2.24) is 4.90 Å². The number of aliphatic hydroxyl groups is 1. The van der Waals surface area contributed by atoms with Crippen molar-refractivity contribution in [2.45, 2.75) is 39.5 Å². The minimum absolute atomic E-state index is 0.0278. The highest BCUT2D eigenvalue weighted by Crippen LogP contribution is 2.14. The largest absolute Gasteiger partial charge is 0.491 e. The van der Waals surface area contributed by atoms with E-state index in [1.54, 1.807) is 24.3 Å². The Bertz CT molecular complexity index is 653. The molecule has 0 aliphatic carbocycles. The van der Waals surface area contributed by atoms with Gasteiger partial charge in [-0.1, -0.05) is 30.3 Å². The van der Waals surface area contributed by atoms with E-state index in [0.717, 1.165) is 6.54 Å². The van der Waals surface area contributed by atoms with Crippen LogP contribution in [0.2, 0.25) is 0 Å². The minimum atomic E-state index is -0.585. The molecule has 134 valence electrons. The summed E-state index contributed by atoms with van der Waals surface area (Å²) in [6, 6.07) is 17.6. The van der Waals surface area contributed by atoms with Crippen molar-refractivity contribution in [3.05, 3.63) is 65.7 Å². The summed E-state index contributed by atoms with van der Waals surface area (Å²) >= 11 is 0. The van der Waals surface area contributed by atoms with Crippen LogP contribution in [0.5, 0.6) is 5.75 Å². The average Bonchev–Trinajstić information content (AvgIpc) is 2.60. The lowest BCUT2D eigenvalue weighted by Gasteiger charge is -2.28. The monoisotopic (exact) mass is 341 g/mol. The van der Waals surface area contributed by atoms with Crippen molar-refractivity contribution in [1.29, 1.82) is 0 Å². The van der Waals surface area contributed by atoms with E-state index in [0.29, 0.717) is 23.9 Å². The molecule has 0 amide bonds. The molecule has 1 N–H and O–H groups in total. The van der Waals surface area contributed by atoms with Crippen LogP contribution in [0, 0.1) is 0 Å². The van der Waals surface area contributed by atoms with E-state index in [9.17, 15) is 9.90 Å². The van der Waals surface area contributed by atoms with Gasteiger partial charge in [-0.3, -0.25) is 9.69 Å². The van der Waals surface area contributed by atoms with Crippen molar-refractivity contribution < 1.29 is 14.6 Å². The number of hydrogen-bond donors (Lipinski definition) is 1. The summed E-state index contributed by atoms with van der Waals surface area (Å²) < 4.78 is 5.65. The number of ether oxygens (including phenoxy) is 1. The third-order valence-electron chi connectivity index (χ3n) is 4.11. The summed E-state index contributed by atoms with van der Waals surface area (Å²) in [6.45, 7) is 7.33. The fourth-order valence-electron chi connectivity index (χ4n) is 2.58. The van der Waals surface area contributed by atoms with Crippen LogP contribution in [0.1, 0.15) is 36.7 Å². The van der Waals surface area contributed by atoms with E-state index in [-0.39, 0.29) is 12.4 Å². The molecular formula is C21H27NO3. The number of ketones is 1. The zero-order chi connectivity index (χ0) is 18.2. The molecule has 0 radical (unpaired) electrons. The van der Waals surface area contributed by atoms with Crippen LogP contribution in [0.4, 0.5) is 0 Å². The normalized spacial score (nSPS) is 12.4. The second-order valence-electron chi connectivity index (χ2n) is 6.55. The Morgan fingerprint density at radius 2 is 1.72 bits per heavy atom. The molecule has 0 saturated carbocycles. The predicted molar refractivity (Wildman–Crippen MR) is 99.9 cm³/mol. The van der Waals surface area contributed by atoms with Gasteiger partial charge < -0.3 is 9.84 Å². The molecule has 25 heavy (non-hydrogen) atoms. The standard InChI is InChI=1S/C21H27NO3/c1-16(2)22(13-18-7-5-4-6-8-18)14-20(24)15-25-21-11-9-19(10-12-21)17(3)23/h4-12,16,20,24H,13-15H2,1-3H3/t20-/m1/s1. The van der Waals surface area contributed by atoms with Crippen LogP contribution in [-0.2, 0) is 6.54 Å². The Morgan fingerprint density at radius 1 is 1.08 bits per heavy atom. The molecule has 0 spiro atoms.